The van der Waals surface area contributed by atoms with Crippen molar-refractivity contribution >= 4 is 11.5 Å². The van der Waals surface area contributed by atoms with Gasteiger partial charge in [-0.05, 0) is 52.0 Å². The van der Waals surface area contributed by atoms with Crippen molar-refractivity contribution in [3.05, 3.63) is 42.2 Å². The third-order valence-corrected chi connectivity index (χ3v) is 4.38. The van der Waals surface area contributed by atoms with Crippen molar-refractivity contribution < 1.29 is 4.39 Å². The number of hydrogen-bond acceptors (Lipinski definition) is 5. The molecule has 0 unspecified atom stereocenters. The van der Waals surface area contributed by atoms with Gasteiger partial charge in [0.15, 0.2) is 11.5 Å². The first kappa shape index (κ1) is 18.3. The van der Waals surface area contributed by atoms with E-state index in [4.69, 9.17) is 0 Å². The number of nitrogens with zero attached hydrogens (tertiary/aromatic N) is 5. The van der Waals surface area contributed by atoms with E-state index in [9.17, 15) is 4.39 Å². The molecule has 0 fully saturated rings. The summed E-state index contributed by atoms with van der Waals surface area (Å²) in [4.78, 5) is 2.41. The first-order valence-electron chi connectivity index (χ1n) is 8.94. The van der Waals surface area contributed by atoms with Gasteiger partial charge in [0.1, 0.15) is 11.6 Å². The van der Waals surface area contributed by atoms with Crippen LogP contribution in [0.1, 0.15) is 27.7 Å². The molecule has 6 nitrogen and oxygen atoms in total. The van der Waals surface area contributed by atoms with Crippen molar-refractivity contribution in [3.63, 3.8) is 0 Å². The zero-order chi connectivity index (χ0) is 18.7. The SMILES string of the molecule is CC(C)N(CCNc1ccc2nnc(-c3ccccc3F)n2n1)C(C)C. The van der Waals surface area contributed by atoms with E-state index in [1.165, 1.54) is 6.07 Å². The van der Waals surface area contributed by atoms with E-state index in [2.05, 4.69) is 53.2 Å². The van der Waals surface area contributed by atoms with Crippen LogP contribution in [0, 0.1) is 5.82 Å². The Kier molecular flexibility index (Phi) is 5.46. The maximum absolute atomic E-state index is 14.1. The van der Waals surface area contributed by atoms with Crippen LogP contribution in [-0.2, 0) is 0 Å². The molecule has 0 radical (unpaired) electrons. The number of rotatable bonds is 7. The molecule has 1 aromatic carbocycles. The number of nitrogens with one attached hydrogen (secondary N) is 1. The van der Waals surface area contributed by atoms with Crippen molar-refractivity contribution in [1.29, 1.82) is 0 Å². The molecule has 0 atom stereocenters. The van der Waals surface area contributed by atoms with Gasteiger partial charge in [-0.1, -0.05) is 12.1 Å². The van der Waals surface area contributed by atoms with Crippen LogP contribution in [0.3, 0.4) is 0 Å². The third-order valence-electron chi connectivity index (χ3n) is 4.38. The number of halogens is 1. The molecular formula is C19H25FN6. The van der Waals surface area contributed by atoms with Crippen LogP contribution >= 0.6 is 0 Å². The predicted octanol–water partition coefficient (Wildman–Crippen LogP) is 3.46. The highest BCUT2D eigenvalue weighted by atomic mass is 19.1. The van der Waals surface area contributed by atoms with E-state index in [-0.39, 0.29) is 5.82 Å². The summed E-state index contributed by atoms with van der Waals surface area (Å²) in [5, 5.41) is 16.0. The maximum Gasteiger partial charge on any atom is 0.188 e. The highest BCUT2D eigenvalue weighted by molar-refractivity contribution is 5.60. The van der Waals surface area contributed by atoms with Crippen molar-refractivity contribution in [3.8, 4) is 11.4 Å². The Morgan fingerprint density at radius 2 is 1.77 bits per heavy atom. The van der Waals surface area contributed by atoms with E-state index in [0.717, 1.165) is 13.1 Å². The molecule has 3 rings (SSSR count). The van der Waals surface area contributed by atoms with Gasteiger partial charge < -0.3 is 5.32 Å². The summed E-state index contributed by atoms with van der Waals surface area (Å²) in [6, 6.07) is 11.2. The summed E-state index contributed by atoms with van der Waals surface area (Å²) in [7, 11) is 0. The number of hydrogen-bond donors (Lipinski definition) is 1. The molecule has 3 aromatic rings. The average molecular weight is 356 g/mol. The zero-order valence-corrected chi connectivity index (χ0v) is 15.6. The van der Waals surface area contributed by atoms with Crippen molar-refractivity contribution in [2.45, 2.75) is 39.8 Å². The Balaban J connectivity index is 1.79. The minimum absolute atomic E-state index is 0.341. The van der Waals surface area contributed by atoms with Gasteiger partial charge in [-0.2, -0.15) is 4.52 Å². The molecule has 0 aliphatic carbocycles. The second-order valence-electron chi connectivity index (χ2n) is 6.84. The van der Waals surface area contributed by atoms with Gasteiger partial charge in [-0.15, -0.1) is 15.3 Å². The molecule has 0 aliphatic heterocycles. The maximum atomic E-state index is 14.1. The molecule has 0 saturated carbocycles. The largest absolute Gasteiger partial charge is 0.367 e. The van der Waals surface area contributed by atoms with Crippen molar-refractivity contribution in [2.24, 2.45) is 0 Å². The minimum atomic E-state index is -0.341. The third kappa shape index (κ3) is 3.83. The molecule has 2 aromatic heterocycles. The average Bonchev–Trinajstić information content (AvgIpc) is 3.01. The Labute approximate surface area is 153 Å². The van der Waals surface area contributed by atoms with E-state index < -0.39 is 0 Å². The fourth-order valence-corrected chi connectivity index (χ4v) is 3.12. The van der Waals surface area contributed by atoms with Crippen LogP contribution in [0.2, 0.25) is 0 Å². The predicted molar refractivity (Wildman–Crippen MR) is 102 cm³/mol. The molecule has 1 N–H and O–H groups in total. The minimum Gasteiger partial charge on any atom is -0.367 e. The highest BCUT2D eigenvalue weighted by Crippen LogP contribution is 2.21. The van der Waals surface area contributed by atoms with Gasteiger partial charge in [0, 0.05) is 25.2 Å². The van der Waals surface area contributed by atoms with Gasteiger partial charge in [0.25, 0.3) is 0 Å². The summed E-state index contributed by atoms with van der Waals surface area (Å²) in [6.45, 7) is 10.5. The van der Waals surface area contributed by atoms with Crippen LogP contribution in [0.15, 0.2) is 36.4 Å². The molecular weight excluding hydrogens is 331 g/mol. The van der Waals surface area contributed by atoms with Gasteiger partial charge in [0.05, 0.1) is 5.56 Å². The van der Waals surface area contributed by atoms with Gasteiger partial charge >= 0.3 is 0 Å². The van der Waals surface area contributed by atoms with Crippen LogP contribution < -0.4 is 5.32 Å². The first-order chi connectivity index (χ1) is 12.5. The lowest BCUT2D eigenvalue weighted by Crippen LogP contribution is -2.40. The second-order valence-corrected chi connectivity index (χ2v) is 6.84. The Morgan fingerprint density at radius 1 is 1.04 bits per heavy atom. The first-order valence-corrected chi connectivity index (χ1v) is 8.94. The standard InChI is InChI=1S/C19H25FN6/c1-13(2)25(14(3)4)12-11-21-17-9-10-18-22-23-19(26(18)24-17)15-7-5-6-8-16(15)20/h5-10,13-14H,11-12H2,1-4H3,(H,21,24). The van der Waals surface area contributed by atoms with Crippen molar-refractivity contribution in [1.82, 2.24) is 24.7 Å². The monoisotopic (exact) mass is 356 g/mol. The van der Waals surface area contributed by atoms with Gasteiger partial charge in [-0.3, -0.25) is 4.90 Å². The molecule has 7 heteroatoms. The van der Waals surface area contributed by atoms with E-state index >= 15 is 0 Å². The summed E-state index contributed by atoms with van der Waals surface area (Å²) in [5.74, 6) is 0.765. The lowest BCUT2D eigenvalue weighted by atomic mass is 10.2. The Bertz CT molecular complexity index is 865. The lowest BCUT2D eigenvalue weighted by molar-refractivity contribution is 0.182. The molecule has 0 amide bonds. The van der Waals surface area contributed by atoms with Gasteiger partial charge in [0.2, 0.25) is 0 Å². The van der Waals surface area contributed by atoms with E-state index in [1.807, 2.05) is 12.1 Å². The van der Waals surface area contributed by atoms with Crippen LogP contribution in [0.5, 0.6) is 0 Å². The zero-order valence-electron chi connectivity index (χ0n) is 15.6. The summed E-state index contributed by atoms with van der Waals surface area (Å²) in [6.07, 6.45) is 0. The smallest absolute Gasteiger partial charge is 0.188 e. The van der Waals surface area contributed by atoms with Crippen molar-refractivity contribution in [2.75, 3.05) is 18.4 Å². The molecule has 0 aliphatic rings. The molecule has 26 heavy (non-hydrogen) atoms. The Hall–Kier alpha value is -2.54. The molecule has 0 saturated heterocycles. The summed E-state index contributed by atoms with van der Waals surface area (Å²) < 4.78 is 15.7. The summed E-state index contributed by atoms with van der Waals surface area (Å²) in [5.41, 5.74) is 0.968. The number of anilines is 1. The molecule has 0 spiro atoms. The molecule has 0 bridgehead atoms. The van der Waals surface area contributed by atoms with E-state index in [0.29, 0.717) is 34.9 Å². The lowest BCUT2D eigenvalue weighted by Gasteiger charge is -2.30. The quantitative estimate of drug-likeness (QED) is 0.702. The summed E-state index contributed by atoms with van der Waals surface area (Å²) >= 11 is 0. The van der Waals surface area contributed by atoms with Gasteiger partial charge in [-0.25, -0.2) is 4.39 Å². The van der Waals surface area contributed by atoms with Crippen LogP contribution in [-0.4, -0.2) is 49.9 Å². The van der Waals surface area contributed by atoms with E-state index in [1.54, 1.807) is 22.7 Å². The Morgan fingerprint density at radius 3 is 2.46 bits per heavy atom. The number of aromatic nitrogens is 4. The van der Waals surface area contributed by atoms with Crippen LogP contribution in [0.25, 0.3) is 17.0 Å². The molecule has 138 valence electrons. The number of fused-ring (bicyclic) bond motifs is 1. The fraction of sp³-hybridized carbons (Fsp3) is 0.421. The second kappa shape index (κ2) is 7.78. The number of benzene rings is 1. The van der Waals surface area contributed by atoms with Crippen LogP contribution in [0.4, 0.5) is 10.2 Å². The topological polar surface area (TPSA) is 58.3 Å². The fourth-order valence-electron chi connectivity index (χ4n) is 3.12. The molecule has 2 heterocycles. The highest BCUT2D eigenvalue weighted by Gasteiger charge is 2.15. The normalized spacial score (nSPS) is 11.8.